The van der Waals surface area contributed by atoms with E-state index in [1.165, 1.54) is 11.3 Å². The third-order valence-corrected chi connectivity index (χ3v) is 3.77. The molecule has 0 aliphatic rings. The second-order valence-corrected chi connectivity index (χ2v) is 5.96. The van der Waals surface area contributed by atoms with Gasteiger partial charge in [-0.2, -0.15) is 0 Å². The molecule has 2 nitrogen and oxygen atoms in total. The van der Waals surface area contributed by atoms with Gasteiger partial charge in [-0.25, -0.2) is 0 Å². The van der Waals surface area contributed by atoms with Crippen molar-refractivity contribution in [3.8, 4) is 0 Å². The molecule has 16 heavy (non-hydrogen) atoms. The molecule has 1 heterocycles. The van der Waals surface area contributed by atoms with Crippen molar-refractivity contribution in [1.29, 1.82) is 0 Å². The summed E-state index contributed by atoms with van der Waals surface area (Å²) in [6.07, 6.45) is 0. The Morgan fingerprint density at radius 2 is 1.88 bits per heavy atom. The van der Waals surface area contributed by atoms with E-state index in [0.29, 0.717) is 9.90 Å². The molecule has 0 spiro atoms. The highest BCUT2D eigenvalue weighted by Gasteiger charge is 2.08. The Bertz CT molecular complexity index is 509. The first-order valence-electron chi connectivity index (χ1n) is 4.47. The molecule has 1 aromatic heterocycles. The summed E-state index contributed by atoms with van der Waals surface area (Å²) in [6, 6.07) is 10.6. The van der Waals surface area contributed by atoms with Gasteiger partial charge in [0, 0.05) is 10.7 Å². The number of rotatable bonds is 2. The minimum absolute atomic E-state index is 0.113. The van der Waals surface area contributed by atoms with Gasteiger partial charge >= 0.3 is 0 Å². The number of hydrogen-bond donors (Lipinski definition) is 1. The van der Waals surface area contributed by atoms with Gasteiger partial charge in [-0.3, -0.25) is 4.79 Å². The first-order valence-corrected chi connectivity index (χ1v) is 6.46. The second-order valence-electron chi connectivity index (χ2n) is 3.06. The van der Waals surface area contributed by atoms with Crippen molar-refractivity contribution in [2.75, 3.05) is 5.32 Å². The normalized spacial score (nSPS) is 10.1. The summed E-state index contributed by atoms with van der Waals surface area (Å²) >= 11 is 10.5. The lowest BCUT2D eigenvalue weighted by Gasteiger charge is -2.02. The summed E-state index contributed by atoms with van der Waals surface area (Å²) in [6.45, 7) is 0. The van der Waals surface area contributed by atoms with E-state index in [9.17, 15) is 4.79 Å². The lowest BCUT2D eigenvalue weighted by molar-refractivity contribution is 0.103. The van der Waals surface area contributed by atoms with E-state index in [0.717, 1.165) is 9.47 Å². The molecule has 0 atom stereocenters. The van der Waals surface area contributed by atoms with Crippen LogP contribution in [0.5, 0.6) is 0 Å². The van der Waals surface area contributed by atoms with Crippen LogP contribution in [0.3, 0.4) is 0 Å². The van der Waals surface area contributed by atoms with Gasteiger partial charge in [0.15, 0.2) is 0 Å². The maximum absolute atomic E-state index is 11.8. The largest absolute Gasteiger partial charge is 0.321 e. The van der Waals surface area contributed by atoms with Crippen LogP contribution >= 0.6 is 38.9 Å². The lowest BCUT2D eigenvalue weighted by atomic mass is 10.3. The standard InChI is InChI=1S/C11H7BrClNOS/c12-10-6-5-9(16-10)11(15)14-8-3-1-7(13)2-4-8/h1-6H,(H,14,15). The van der Waals surface area contributed by atoms with E-state index in [1.54, 1.807) is 30.3 Å². The van der Waals surface area contributed by atoms with Crippen LogP contribution in [-0.2, 0) is 0 Å². The molecule has 1 aromatic carbocycles. The second kappa shape index (κ2) is 4.99. The Kier molecular flexibility index (Phi) is 3.63. The Labute approximate surface area is 110 Å². The number of nitrogens with one attached hydrogen (secondary N) is 1. The number of amides is 1. The molecule has 2 rings (SSSR count). The quantitative estimate of drug-likeness (QED) is 0.873. The van der Waals surface area contributed by atoms with Crippen LogP contribution in [0.25, 0.3) is 0 Å². The van der Waals surface area contributed by atoms with E-state index < -0.39 is 0 Å². The predicted octanol–water partition coefficient (Wildman–Crippen LogP) is 4.42. The molecular formula is C11H7BrClNOS. The number of thiophene rings is 1. The highest BCUT2D eigenvalue weighted by atomic mass is 79.9. The molecule has 0 radical (unpaired) electrons. The summed E-state index contributed by atoms with van der Waals surface area (Å²) < 4.78 is 0.939. The topological polar surface area (TPSA) is 29.1 Å². The summed E-state index contributed by atoms with van der Waals surface area (Å²) in [4.78, 5) is 12.4. The number of carbonyl (C=O) groups is 1. The highest BCUT2D eigenvalue weighted by Crippen LogP contribution is 2.23. The van der Waals surface area contributed by atoms with Crippen molar-refractivity contribution in [3.63, 3.8) is 0 Å². The van der Waals surface area contributed by atoms with E-state index in [-0.39, 0.29) is 5.91 Å². The van der Waals surface area contributed by atoms with Crippen LogP contribution < -0.4 is 5.32 Å². The van der Waals surface area contributed by atoms with Crippen LogP contribution in [0.15, 0.2) is 40.2 Å². The number of benzene rings is 1. The highest BCUT2D eigenvalue weighted by molar-refractivity contribution is 9.11. The average molecular weight is 317 g/mol. The van der Waals surface area contributed by atoms with Crippen LogP contribution in [0, 0.1) is 0 Å². The van der Waals surface area contributed by atoms with E-state index in [2.05, 4.69) is 21.2 Å². The van der Waals surface area contributed by atoms with Gasteiger partial charge in [0.05, 0.1) is 8.66 Å². The zero-order valence-corrected chi connectivity index (χ0v) is 11.2. The van der Waals surface area contributed by atoms with E-state index in [1.807, 2.05) is 6.07 Å². The molecule has 0 unspecified atom stereocenters. The van der Waals surface area contributed by atoms with Gasteiger partial charge in [0.25, 0.3) is 5.91 Å². The van der Waals surface area contributed by atoms with E-state index >= 15 is 0 Å². The lowest BCUT2D eigenvalue weighted by Crippen LogP contribution is -2.09. The first kappa shape index (κ1) is 11.6. The van der Waals surface area contributed by atoms with Crippen molar-refractivity contribution in [2.45, 2.75) is 0 Å². The van der Waals surface area contributed by atoms with Gasteiger partial charge < -0.3 is 5.32 Å². The van der Waals surface area contributed by atoms with Gasteiger partial charge in [0.2, 0.25) is 0 Å². The monoisotopic (exact) mass is 315 g/mol. The summed E-state index contributed by atoms with van der Waals surface area (Å²) in [5.41, 5.74) is 0.735. The number of carbonyl (C=O) groups excluding carboxylic acids is 1. The minimum atomic E-state index is -0.113. The molecular weight excluding hydrogens is 310 g/mol. The fraction of sp³-hybridized carbons (Fsp3) is 0. The maximum atomic E-state index is 11.8. The molecule has 0 fully saturated rings. The van der Waals surface area contributed by atoms with Crippen LogP contribution in [0.2, 0.25) is 5.02 Å². The maximum Gasteiger partial charge on any atom is 0.265 e. The SMILES string of the molecule is O=C(Nc1ccc(Cl)cc1)c1ccc(Br)s1. The molecule has 2 aromatic rings. The molecule has 0 aliphatic carbocycles. The predicted molar refractivity (Wildman–Crippen MR) is 71.4 cm³/mol. The number of halogens is 2. The van der Waals surface area contributed by atoms with Crippen molar-refractivity contribution in [2.24, 2.45) is 0 Å². The van der Waals surface area contributed by atoms with Crippen molar-refractivity contribution in [1.82, 2.24) is 0 Å². The summed E-state index contributed by atoms with van der Waals surface area (Å²) in [5, 5.41) is 3.44. The molecule has 0 saturated carbocycles. The Morgan fingerprint density at radius 3 is 2.44 bits per heavy atom. The number of hydrogen-bond acceptors (Lipinski definition) is 2. The Balaban J connectivity index is 2.10. The van der Waals surface area contributed by atoms with Crippen LogP contribution in [0.1, 0.15) is 9.67 Å². The van der Waals surface area contributed by atoms with Gasteiger partial charge in [-0.15, -0.1) is 11.3 Å². The van der Waals surface area contributed by atoms with Gasteiger partial charge in [-0.05, 0) is 52.3 Å². The van der Waals surface area contributed by atoms with Crippen molar-refractivity contribution >= 4 is 50.5 Å². The smallest absolute Gasteiger partial charge is 0.265 e. The van der Waals surface area contributed by atoms with Crippen molar-refractivity contribution in [3.05, 3.63) is 50.1 Å². The Hall–Kier alpha value is -0.840. The first-order chi connectivity index (χ1) is 7.65. The molecule has 5 heteroatoms. The van der Waals surface area contributed by atoms with Crippen molar-refractivity contribution < 1.29 is 4.79 Å². The fourth-order valence-corrected chi connectivity index (χ4v) is 2.57. The summed E-state index contributed by atoms with van der Waals surface area (Å²) in [7, 11) is 0. The zero-order valence-electron chi connectivity index (χ0n) is 8.04. The van der Waals surface area contributed by atoms with Gasteiger partial charge in [-0.1, -0.05) is 11.6 Å². The van der Waals surface area contributed by atoms with E-state index in [4.69, 9.17) is 11.6 Å². The molecule has 1 N–H and O–H groups in total. The molecule has 0 bridgehead atoms. The average Bonchev–Trinajstić information content (AvgIpc) is 2.68. The zero-order chi connectivity index (χ0) is 11.5. The third kappa shape index (κ3) is 2.84. The molecule has 82 valence electrons. The minimum Gasteiger partial charge on any atom is -0.321 e. The molecule has 1 amide bonds. The fourth-order valence-electron chi connectivity index (χ4n) is 1.16. The van der Waals surface area contributed by atoms with Crippen LogP contribution in [0.4, 0.5) is 5.69 Å². The molecule has 0 aliphatic heterocycles. The third-order valence-electron chi connectivity index (χ3n) is 1.90. The molecule has 0 saturated heterocycles. The number of anilines is 1. The van der Waals surface area contributed by atoms with Crippen LogP contribution in [-0.4, -0.2) is 5.91 Å². The van der Waals surface area contributed by atoms with Gasteiger partial charge in [0.1, 0.15) is 0 Å². The Morgan fingerprint density at radius 1 is 1.19 bits per heavy atom. The summed E-state index contributed by atoms with van der Waals surface area (Å²) in [5.74, 6) is -0.113.